The molecule has 0 radical (unpaired) electrons. The summed E-state index contributed by atoms with van der Waals surface area (Å²) in [6.07, 6.45) is 6.79. The van der Waals surface area contributed by atoms with Crippen molar-refractivity contribution in [3.63, 3.8) is 0 Å². The minimum Gasteiger partial charge on any atom is -0.317 e. The van der Waals surface area contributed by atoms with E-state index in [1.807, 2.05) is 0 Å². The van der Waals surface area contributed by atoms with E-state index in [0.29, 0.717) is 0 Å². The van der Waals surface area contributed by atoms with Crippen LogP contribution in [-0.2, 0) is 0 Å². The van der Waals surface area contributed by atoms with Gasteiger partial charge in [0, 0.05) is 6.04 Å². The Kier molecular flexibility index (Phi) is 7.92. The third-order valence-corrected chi connectivity index (χ3v) is 4.05. The predicted octanol–water partition coefficient (Wildman–Crippen LogP) is 3.52. The number of hydrogen-bond acceptors (Lipinski definition) is 2. The number of hydrogen-bond donors (Lipinski definition) is 1. The Labute approximate surface area is 115 Å². The highest BCUT2D eigenvalue weighted by Crippen LogP contribution is 2.17. The van der Waals surface area contributed by atoms with E-state index in [1.165, 1.54) is 58.3 Å². The Morgan fingerprint density at radius 2 is 1.56 bits per heavy atom. The molecule has 0 saturated carbocycles. The molecule has 0 aromatic heterocycles. The second kappa shape index (κ2) is 8.92. The van der Waals surface area contributed by atoms with Gasteiger partial charge in [0.15, 0.2) is 0 Å². The zero-order chi connectivity index (χ0) is 13.4. The highest BCUT2D eigenvalue weighted by atomic mass is 15.2. The first-order valence-corrected chi connectivity index (χ1v) is 8.04. The molecule has 1 heterocycles. The molecule has 1 rings (SSSR count). The third-order valence-electron chi connectivity index (χ3n) is 4.05. The molecule has 1 fully saturated rings. The zero-order valence-corrected chi connectivity index (χ0v) is 13.0. The third kappa shape index (κ3) is 6.75. The van der Waals surface area contributed by atoms with Crippen LogP contribution in [0.1, 0.15) is 59.8 Å². The highest BCUT2D eigenvalue weighted by molar-refractivity contribution is 4.76. The molecule has 1 aliphatic rings. The maximum absolute atomic E-state index is 3.54. The molecule has 1 N–H and O–H groups in total. The van der Waals surface area contributed by atoms with Crippen molar-refractivity contribution in [2.75, 3.05) is 26.2 Å². The summed E-state index contributed by atoms with van der Waals surface area (Å²) in [6, 6.07) is 0.831. The fourth-order valence-electron chi connectivity index (χ4n) is 2.69. The fraction of sp³-hybridized carbons (Fsp3) is 1.00. The van der Waals surface area contributed by atoms with Crippen molar-refractivity contribution in [2.24, 2.45) is 11.8 Å². The van der Waals surface area contributed by atoms with Gasteiger partial charge in [0.1, 0.15) is 0 Å². The molecule has 2 heteroatoms. The Bertz CT molecular complexity index is 181. The Balaban J connectivity index is 2.44. The van der Waals surface area contributed by atoms with Crippen molar-refractivity contribution in [1.29, 1.82) is 0 Å². The van der Waals surface area contributed by atoms with Crippen LogP contribution in [0.3, 0.4) is 0 Å². The molecule has 0 bridgehead atoms. The molecular formula is C16H34N2. The van der Waals surface area contributed by atoms with Gasteiger partial charge in [-0.1, -0.05) is 27.7 Å². The monoisotopic (exact) mass is 254 g/mol. The molecule has 1 unspecified atom stereocenters. The van der Waals surface area contributed by atoms with E-state index in [4.69, 9.17) is 0 Å². The molecule has 0 aliphatic carbocycles. The SMILES string of the molecule is CC(C)CCN(CCC(C)C)C1CCCNCC1. The van der Waals surface area contributed by atoms with Crippen LogP contribution < -0.4 is 5.32 Å². The average molecular weight is 254 g/mol. The summed E-state index contributed by atoms with van der Waals surface area (Å²) in [6.45, 7) is 14.4. The van der Waals surface area contributed by atoms with Crippen molar-refractivity contribution in [3.8, 4) is 0 Å². The minimum atomic E-state index is 0.829. The molecule has 0 aromatic carbocycles. The van der Waals surface area contributed by atoms with Gasteiger partial charge in [-0.2, -0.15) is 0 Å². The van der Waals surface area contributed by atoms with Crippen molar-refractivity contribution in [2.45, 2.75) is 65.8 Å². The van der Waals surface area contributed by atoms with Gasteiger partial charge in [0.25, 0.3) is 0 Å². The lowest BCUT2D eigenvalue weighted by Gasteiger charge is -2.32. The van der Waals surface area contributed by atoms with Crippen molar-refractivity contribution in [1.82, 2.24) is 10.2 Å². The van der Waals surface area contributed by atoms with E-state index in [1.54, 1.807) is 0 Å². The summed E-state index contributed by atoms with van der Waals surface area (Å²) < 4.78 is 0. The molecule has 1 atom stereocenters. The van der Waals surface area contributed by atoms with Gasteiger partial charge < -0.3 is 10.2 Å². The first kappa shape index (κ1) is 16.0. The molecule has 0 amide bonds. The molecule has 108 valence electrons. The van der Waals surface area contributed by atoms with E-state index in [2.05, 4.69) is 37.9 Å². The molecular weight excluding hydrogens is 220 g/mol. The van der Waals surface area contributed by atoms with E-state index in [9.17, 15) is 0 Å². The van der Waals surface area contributed by atoms with Gasteiger partial charge in [-0.3, -0.25) is 0 Å². The molecule has 0 spiro atoms. The van der Waals surface area contributed by atoms with Crippen molar-refractivity contribution >= 4 is 0 Å². The second-order valence-electron chi connectivity index (χ2n) is 6.74. The summed E-state index contributed by atoms with van der Waals surface area (Å²) in [5.41, 5.74) is 0. The van der Waals surface area contributed by atoms with Gasteiger partial charge in [0.2, 0.25) is 0 Å². The topological polar surface area (TPSA) is 15.3 Å². The number of nitrogens with zero attached hydrogens (tertiary/aromatic N) is 1. The predicted molar refractivity (Wildman–Crippen MR) is 81.0 cm³/mol. The summed E-state index contributed by atoms with van der Waals surface area (Å²) >= 11 is 0. The normalized spacial score (nSPS) is 21.8. The smallest absolute Gasteiger partial charge is 0.0108 e. The summed E-state index contributed by atoms with van der Waals surface area (Å²) in [5.74, 6) is 1.66. The van der Waals surface area contributed by atoms with Gasteiger partial charge in [-0.05, 0) is 70.1 Å². The second-order valence-corrected chi connectivity index (χ2v) is 6.74. The average Bonchev–Trinajstić information content (AvgIpc) is 2.57. The van der Waals surface area contributed by atoms with Crippen molar-refractivity contribution < 1.29 is 0 Å². The number of nitrogens with one attached hydrogen (secondary N) is 1. The molecule has 1 aliphatic heterocycles. The van der Waals surface area contributed by atoms with E-state index < -0.39 is 0 Å². The van der Waals surface area contributed by atoms with Gasteiger partial charge in [0.05, 0.1) is 0 Å². The Morgan fingerprint density at radius 1 is 0.944 bits per heavy atom. The molecule has 0 aromatic rings. The Morgan fingerprint density at radius 3 is 2.11 bits per heavy atom. The summed E-state index contributed by atoms with van der Waals surface area (Å²) in [7, 11) is 0. The summed E-state index contributed by atoms with van der Waals surface area (Å²) in [4.78, 5) is 2.78. The Hall–Kier alpha value is -0.0800. The first-order chi connectivity index (χ1) is 8.59. The summed E-state index contributed by atoms with van der Waals surface area (Å²) in [5, 5.41) is 3.54. The maximum atomic E-state index is 3.54. The van der Waals surface area contributed by atoms with E-state index in [-0.39, 0.29) is 0 Å². The van der Waals surface area contributed by atoms with Gasteiger partial charge >= 0.3 is 0 Å². The van der Waals surface area contributed by atoms with E-state index in [0.717, 1.165) is 17.9 Å². The van der Waals surface area contributed by atoms with Crippen LogP contribution in [0.4, 0.5) is 0 Å². The standard InChI is InChI=1S/C16H34N2/c1-14(2)8-12-18(13-9-15(3)4)16-6-5-10-17-11-7-16/h14-17H,5-13H2,1-4H3. The van der Waals surface area contributed by atoms with Gasteiger partial charge in [-0.25, -0.2) is 0 Å². The number of rotatable bonds is 7. The minimum absolute atomic E-state index is 0.829. The van der Waals surface area contributed by atoms with Crippen LogP contribution >= 0.6 is 0 Å². The van der Waals surface area contributed by atoms with E-state index >= 15 is 0 Å². The van der Waals surface area contributed by atoms with Crippen LogP contribution in [0.25, 0.3) is 0 Å². The molecule has 18 heavy (non-hydrogen) atoms. The molecule has 1 saturated heterocycles. The largest absolute Gasteiger partial charge is 0.317 e. The van der Waals surface area contributed by atoms with Crippen molar-refractivity contribution in [3.05, 3.63) is 0 Å². The molecule has 2 nitrogen and oxygen atoms in total. The van der Waals surface area contributed by atoms with Crippen LogP contribution in [0, 0.1) is 11.8 Å². The highest BCUT2D eigenvalue weighted by Gasteiger charge is 2.19. The lowest BCUT2D eigenvalue weighted by atomic mass is 10.0. The maximum Gasteiger partial charge on any atom is 0.0108 e. The fourth-order valence-corrected chi connectivity index (χ4v) is 2.69. The van der Waals surface area contributed by atoms with Gasteiger partial charge in [-0.15, -0.1) is 0 Å². The zero-order valence-electron chi connectivity index (χ0n) is 13.0. The lowest BCUT2D eigenvalue weighted by molar-refractivity contribution is 0.164. The van der Waals surface area contributed by atoms with Crippen LogP contribution in [0.15, 0.2) is 0 Å². The first-order valence-electron chi connectivity index (χ1n) is 8.04. The lowest BCUT2D eigenvalue weighted by Crippen LogP contribution is -2.38. The van der Waals surface area contributed by atoms with Crippen LogP contribution in [0.2, 0.25) is 0 Å². The van der Waals surface area contributed by atoms with Crippen LogP contribution in [-0.4, -0.2) is 37.1 Å². The quantitative estimate of drug-likeness (QED) is 0.748. The van der Waals surface area contributed by atoms with Crippen LogP contribution in [0.5, 0.6) is 0 Å².